The monoisotopic (exact) mass is 385 g/mol. The second-order valence-corrected chi connectivity index (χ2v) is 8.10. The van der Waals surface area contributed by atoms with Crippen molar-refractivity contribution in [2.45, 2.75) is 44.7 Å². The first kappa shape index (κ1) is 19.3. The first-order valence-corrected chi connectivity index (χ1v) is 10.1. The molecular weight excluding hydrogens is 359 g/mol. The molecule has 2 aromatic rings. The largest absolute Gasteiger partial charge is 0.416 e. The van der Waals surface area contributed by atoms with Gasteiger partial charge in [-0.2, -0.15) is 13.2 Å². The molecule has 0 aromatic heterocycles. The lowest BCUT2D eigenvalue weighted by Crippen LogP contribution is -2.32. The van der Waals surface area contributed by atoms with Crippen LogP contribution in [-0.4, -0.2) is 24.5 Å². The van der Waals surface area contributed by atoms with Crippen molar-refractivity contribution in [3.63, 3.8) is 0 Å². The molecule has 0 bridgehead atoms. The predicted molar refractivity (Wildman–Crippen MR) is 107 cm³/mol. The number of rotatable bonds is 4. The van der Waals surface area contributed by atoms with Gasteiger partial charge in [-0.25, -0.2) is 0 Å². The first-order valence-electron chi connectivity index (χ1n) is 10.1. The van der Waals surface area contributed by atoms with Gasteiger partial charge in [0.2, 0.25) is 0 Å². The van der Waals surface area contributed by atoms with Crippen molar-refractivity contribution in [3.05, 3.63) is 76.4 Å². The van der Waals surface area contributed by atoms with Crippen molar-refractivity contribution in [2.75, 3.05) is 19.6 Å². The summed E-state index contributed by atoms with van der Waals surface area (Å²) in [5, 5.41) is 0. The summed E-state index contributed by atoms with van der Waals surface area (Å²) in [6.45, 7) is 4.92. The van der Waals surface area contributed by atoms with E-state index in [0.717, 1.165) is 37.7 Å². The Morgan fingerprint density at radius 2 is 1.82 bits per heavy atom. The topological polar surface area (TPSA) is 3.24 Å². The zero-order valence-corrected chi connectivity index (χ0v) is 16.2. The van der Waals surface area contributed by atoms with Crippen LogP contribution in [0.2, 0.25) is 0 Å². The number of aryl methyl sites for hydroxylation is 2. The molecule has 0 fully saturated rings. The molecule has 1 atom stereocenters. The third-order valence-corrected chi connectivity index (χ3v) is 6.08. The Balaban J connectivity index is 1.40. The van der Waals surface area contributed by atoms with Crippen LogP contribution in [0, 0.1) is 0 Å². The summed E-state index contributed by atoms with van der Waals surface area (Å²) < 4.78 is 38.9. The van der Waals surface area contributed by atoms with E-state index in [1.807, 2.05) is 0 Å². The van der Waals surface area contributed by atoms with Crippen LogP contribution < -0.4 is 0 Å². The Kier molecular flexibility index (Phi) is 5.33. The molecule has 148 valence electrons. The molecule has 1 nitrogen and oxygen atoms in total. The van der Waals surface area contributed by atoms with E-state index < -0.39 is 11.7 Å². The van der Waals surface area contributed by atoms with Crippen LogP contribution in [0.5, 0.6) is 0 Å². The van der Waals surface area contributed by atoms with Gasteiger partial charge in [0, 0.05) is 19.6 Å². The lowest BCUT2D eigenvalue weighted by molar-refractivity contribution is -0.137. The van der Waals surface area contributed by atoms with Crippen LogP contribution >= 0.6 is 0 Å². The highest BCUT2D eigenvalue weighted by molar-refractivity contribution is 5.67. The van der Waals surface area contributed by atoms with Crippen LogP contribution in [-0.2, 0) is 19.0 Å². The van der Waals surface area contributed by atoms with Gasteiger partial charge < -0.3 is 0 Å². The minimum atomic E-state index is -4.29. The minimum Gasteiger partial charge on any atom is -0.299 e. The van der Waals surface area contributed by atoms with Gasteiger partial charge in [-0.3, -0.25) is 4.90 Å². The lowest BCUT2D eigenvalue weighted by atomic mass is 9.94. The maximum atomic E-state index is 13.0. The predicted octanol–water partition coefficient (Wildman–Crippen LogP) is 6.09. The molecule has 0 spiro atoms. The van der Waals surface area contributed by atoms with Crippen molar-refractivity contribution < 1.29 is 13.2 Å². The second-order valence-electron chi connectivity index (χ2n) is 8.10. The SMILES string of the molecule is CC(CN1CC=C(c2cccc(C(F)(F)F)c2)CC1)c1ccc2c(c1)CCC2. The zero-order chi connectivity index (χ0) is 19.7. The van der Waals surface area contributed by atoms with E-state index in [1.165, 1.54) is 48.1 Å². The Hall–Kier alpha value is -2.07. The Morgan fingerprint density at radius 1 is 1.00 bits per heavy atom. The highest BCUT2D eigenvalue weighted by Crippen LogP contribution is 2.33. The molecule has 1 unspecified atom stereocenters. The van der Waals surface area contributed by atoms with Crippen molar-refractivity contribution in [1.82, 2.24) is 4.90 Å². The summed E-state index contributed by atoms with van der Waals surface area (Å²) in [6, 6.07) is 12.6. The van der Waals surface area contributed by atoms with E-state index in [1.54, 1.807) is 6.07 Å². The van der Waals surface area contributed by atoms with E-state index >= 15 is 0 Å². The fourth-order valence-corrected chi connectivity index (χ4v) is 4.43. The van der Waals surface area contributed by atoms with Crippen LogP contribution in [0.4, 0.5) is 13.2 Å². The van der Waals surface area contributed by atoms with Gasteiger partial charge in [0.25, 0.3) is 0 Å². The van der Waals surface area contributed by atoms with E-state index in [9.17, 15) is 13.2 Å². The van der Waals surface area contributed by atoms with Gasteiger partial charge in [-0.15, -0.1) is 0 Å². The number of nitrogens with zero attached hydrogens (tertiary/aromatic N) is 1. The molecule has 0 N–H and O–H groups in total. The number of halogens is 3. The molecule has 0 radical (unpaired) electrons. The van der Waals surface area contributed by atoms with Gasteiger partial charge in [0.05, 0.1) is 5.56 Å². The van der Waals surface area contributed by atoms with Crippen molar-refractivity contribution in [2.24, 2.45) is 0 Å². The third kappa shape index (κ3) is 4.17. The molecule has 4 rings (SSSR count). The fraction of sp³-hybridized carbons (Fsp3) is 0.417. The average Bonchev–Trinajstić information content (AvgIpc) is 3.16. The summed E-state index contributed by atoms with van der Waals surface area (Å²) in [4.78, 5) is 2.40. The van der Waals surface area contributed by atoms with E-state index in [0.29, 0.717) is 11.5 Å². The summed E-state index contributed by atoms with van der Waals surface area (Å²) in [5.41, 5.74) is 5.55. The fourth-order valence-electron chi connectivity index (χ4n) is 4.43. The van der Waals surface area contributed by atoms with Crippen LogP contribution in [0.25, 0.3) is 5.57 Å². The van der Waals surface area contributed by atoms with Crippen LogP contribution in [0.15, 0.2) is 48.5 Å². The molecule has 4 heteroatoms. The maximum Gasteiger partial charge on any atom is 0.416 e. The van der Waals surface area contributed by atoms with Crippen molar-refractivity contribution in [1.29, 1.82) is 0 Å². The summed E-state index contributed by atoms with van der Waals surface area (Å²) >= 11 is 0. The van der Waals surface area contributed by atoms with Crippen molar-refractivity contribution >= 4 is 5.57 Å². The molecule has 0 amide bonds. The van der Waals surface area contributed by atoms with E-state index in [2.05, 4.69) is 36.1 Å². The molecule has 2 aromatic carbocycles. The third-order valence-electron chi connectivity index (χ3n) is 6.08. The lowest BCUT2D eigenvalue weighted by Gasteiger charge is -2.29. The van der Waals surface area contributed by atoms with E-state index in [-0.39, 0.29) is 0 Å². The molecular formula is C24H26F3N. The Morgan fingerprint density at radius 3 is 2.57 bits per heavy atom. The highest BCUT2D eigenvalue weighted by atomic mass is 19.4. The van der Waals surface area contributed by atoms with Crippen molar-refractivity contribution in [3.8, 4) is 0 Å². The van der Waals surface area contributed by atoms with Gasteiger partial charge in [0.1, 0.15) is 0 Å². The highest BCUT2D eigenvalue weighted by Gasteiger charge is 2.30. The zero-order valence-electron chi connectivity index (χ0n) is 16.2. The number of benzene rings is 2. The second kappa shape index (κ2) is 7.75. The molecule has 1 heterocycles. The molecule has 0 saturated heterocycles. The summed E-state index contributed by atoms with van der Waals surface area (Å²) in [5.74, 6) is 0.453. The van der Waals surface area contributed by atoms with E-state index in [4.69, 9.17) is 0 Å². The maximum absolute atomic E-state index is 13.0. The Labute approximate surface area is 164 Å². The summed E-state index contributed by atoms with van der Waals surface area (Å²) in [7, 11) is 0. The van der Waals surface area contributed by atoms with Gasteiger partial charge in [-0.05, 0) is 71.6 Å². The quantitative estimate of drug-likeness (QED) is 0.616. The van der Waals surface area contributed by atoms with Gasteiger partial charge >= 0.3 is 6.18 Å². The van der Waals surface area contributed by atoms with Crippen LogP contribution in [0.1, 0.15) is 53.5 Å². The minimum absolute atomic E-state index is 0.453. The standard InChI is InChI=1S/C24H26F3N/c1-17(20-9-8-18-4-2-5-21(18)14-20)16-28-12-10-19(11-13-28)22-6-3-7-23(15-22)24(25,26)27/h3,6-10,14-15,17H,2,4-5,11-13,16H2,1H3. The average molecular weight is 385 g/mol. The molecule has 1 aliphatic carbocycles. The number of hydrogen-bond donors (Lipinski definition) is 0. The number of alkyl halides is 3. The van der Waals surface area contributed by atoms with Crippen LogP contribution in [0.3, 0.4) is 0 Å². The smallest absolute Gasteiger partial charge is 0.299 e. The molecule has 1 aliphatic heterocycles. The molecule has 2 aliphatic rings. The first-order chi connectivity index (χ1) is 13.4. The van der Waals surface area contributed by atoms with Gasteiger partial charge in [-0.1, -0.05) is 43.3 Å². The summed E-state index contributed by atoms with van der Waals surface area (Å²) in [6.07, 6.45) is 2.26. The van der Waals surface area contributed by atoms with Gasteiger partial charge in [0.15, 0.2) is 0 Å². The molecule has 0 saturated carbocycles. The molecule has 28 heavy (non-hydrogen) atoms. The Bertz CT molecular complexity index is 882. The number of fused-ring (bicyclic) bond motifs is 1. The number of hydrogen-bond acceptors (Lipinski definition) is 1. The normalized spacial score (nSPS) is 18.6.